The number of ketones is 2. The van der Waals surface area contributed by atoms with Crippen molar-refractivity contribution in [2.24, 2.45) is 17.8 Å². The van der Waals surface area contributed by atoms with Crippen LogP contribution in [-0.4, -0.2) is 51.8 Å². The Morgan fingerprint density at radius 3 is 2.46 bits per heavy atom. The van der Waals surface area contributed by atoms with Crippen molar-refractivity contribution in [3.63, 3.8) is 0 Å². The zero-order chi connectivity index (χ0) is 29.3. The van der Waals surface area contributed by atoms with E-state index >= 15 is 0 Å². The third-order valence-corrected chi connectivity index (χ3v) is 8.94. The average molecular weight is 620 g/mol. The van der Waals surface area contributed by atoms with Crippen molar-refractivity contribution < 1.29 is 44.0 Å². The molecule has 1 fully saturated rings. The number of hydrogen-bond donors (Lipinski definition) is 3. The molecule has 41 heavy (non-hydrogen) atoms. The van der Waals surface area contributed by atoms with Crippen LogP contribution >= 0.6 is 15.9 Å². The van der Waals surface area contributed by atoms with E-state index in [-0.39, 0.29) is 51.0 Å². The predicted octanol–water partition coefficient (Wildman–Crippen LogP) is 3.77. The summed E-state index contributed by atoms with van der Waals surface area (Å²) in [4.78, 5) is 66.6. The highest BCUT2D eigenvalue weighted by Gasteiger charge is 2.57. The van der Waals surface area contributed by atoms with Gasteiger partial charge in [0.1, 0.15) is 22.8 Å². The monoisotopic (exact) mass is 619 g/mol. The molecule has 1 heterocycles. The van der Waals surface area contributed by atoms with Crippen molar-refractivity contribution in [2.75, 3.05) is 12.0 Å². The Hall–Kier alpha value is -4.51. The number of Topliss-reactive ketones (excluding diaryl/α,β-unsaturated/α-hetero) is 1. The zero-order valence-electron chi connectivity index (χ0n) is 21.5. The molecule has 3 aliphatic carbocycles. The summed E-state index contributed by atoms with van der Waals surface area (Å²) in [6, 6.07) is 8.14. The van der Waals surface area contributed by atoms with Crippen LogP contribution in [0.2, 0.25) is 0 Å². The number of phenolic OH excluding ortho intramolecular Hbond substituents is 1. The molecule has 0 radical (unpaired) electrons. The number of carboxylic acids is 1. The average Bonchev–Trinajstić information content (AvgIpc) is 3.19. The van der Waals surface area contributed by atoms with Gasteiger partial charge in [0.15, 0.2) is 11.6 Å². The third-order valence-electron chi connectivity index (χ3n) is 8.35. The first-order chi connectivity index (χ1) is 19.5. The summed E-state index contributed by atoms with van der Waals surface area (Å²) in [5.41, 5.74) is 0.963. The van der Waals surface area contributed by atoms with Crippen LogP contribution in [-0.2, 0) is 19.2 Å². The molecule has 0 saturated carbocycles. The lowest BCUT2D eigenvalue weighted by Crippen LogP contribution is -2.39. The van der Waals surface area contributed by atoms with Crippen LogP contribution in [0.1, 0.15) is 34.7 Å². The van der Waals surface area contributed by atoms with E-state index in [4.69, 9.17) is 4.74 Å². The lowest BCUT2D eigenvalue weighted by atomic mass is 9.59. The van der Waals surface area contributed by atoms with Gasteiger partial charge in [-0.1, -0.05) is 17.7 Å². The van der Waals surface area contributed by atoms with Crippen molar-refractivity contribution in [3.8, 4) is 17.2 Å². The van der Waals surface area contributed by atoms with Crippen molar-refractivity contribution in [2.45, 2.75) is 18.8 Å². The van der Waals surface area contributed by atoms with E-state index in [1.807, 2.05) is 0 Å². The number of allylic oxidation sites excluding steroid dienone is 6. The summed E-state index contributed by atoms with van der Waals surface area (Å²) in [5, 5.41) is 30.4. The minimum Gasteiger partial charge on any atom is -0.507 e. The van der Waals surface area contributed by atoms with E-state index in [9.17, 15) is 39.3 Å². The number of anilines is 1. The fourth-order valence-corrected chi connectivity index (χ4v) is 7.08. The van der Waals surface area contributed by atoms with Gasteiger partial charge in [-0.05, 0) is 59.0 Å². The van der Waals surface area contributed by atoms with Crippen LogP contribution in [0.4, 0.5) is 5.69 Å². The molecule has 11 heteroatoms. The van der Waals surface area contributed by atoms with Gasteiger partial charge in [0.05, 0.1) is 29.1 Å². The molecule has 2 aromatic carbocycles. The Morgan fingerprint density at radius 1 is 1.02 bits per heavy atom. The SMILES string of the molecule is COc1cccc(O)c1C1C2=CCC3C(=O)N(c4ccc(C(=O)O)c(O)c4)C(=O)C3C2CC2=C1C(=O)C=C(Br)C2=O. The number of carbonyl (C=O) groups is 5. The normalized spacial score (nSPS) is 25.4. The van der Waals surface area contributed by atoms with Gasteiger partial charge in [-0.25, -0.2) is 9.69 Å². The van der Waals surface area contributed by atoms with Gasteiger partial charge in [0.2, 0.25) is 11.8 Å². The van der Waals surface area contributed by atoms with E-state index in [1.165, 1.54) is 25.3 Å². The number of imide groups is 1. The Balaban J connectivity index is 1.49. The maximum absolute atomic E-state index is 14.0. The molecule has 2 aromatic rings. The van der Waals surface area contributed by atoms with E-state index < -0.39 is 58.8 Å². The molecule has 1 aliphatic heterocycles. The minimum absolute atomic E-state index is 0.0261. The smallest absolute Gasteiger partial charge is 0.339 e. The molecule has 1 saturated heterocycles. The largest absolute Gasteiger partial charge is 0.507 e. The first kappa shape index (κ1) is 26.7. The number of benzene rings is 2. The summed E-state index contributed by atoms with van der Waals surface area (Å²) in [6.07, 6.45) is 3.19. The van der Waals surface area contributed by atoms with Crippen molar-refractivity contribution in [1.82, 2.24) is 0 Å². The first-order valence-corrected chi connectivity index (χ1v) is 13.5. The molecule has 4 unspecified atom stereocenters. The summed E-state index contributed by atoms with van der Waals surface area (Å²) >= 11 is 3.18. The molecule has 3 N–H and O–H groups in total. The highest BCUT2D eigenvalue weighted by Crippen LogP contribution is 2.57. The number of phenols is 2. The number of ether oxygens (including phenoxy) is 1. The third kappa shape index (κ3) is 3.86. The number of fused-ring (bicyclic) bond motifs is 3. The Morgan fingerprint density at radius 2 is 1.78 bits per heavy atom. The molecule has 4 aliphatic rings. The van der Waals surface area contributed by atoms with Crippen LogP contribution in [0.15, 0.2) is 69.8 Å². The van der Waals surface area contributed by atoms with Gasteiger partial charge in [0.25, 0.3) is 0 Å². The molecule has 6 rings (SSSR count). The molecule has 10 nitrogen and oxygen atoms in total. The Labute approximate surface area is 241 Å². The Kier molecular flexibility index (Phi) is 6.22. The van der Waals surface area contributed by atoms with Gasteiger partial charge in [-0.3, -0.25) is 19.2 Å². The summed E-state index contributed by atoms with van der Waals surface area (Å²) in [6.45, 7) is 0. The number of amides is 2. The highest BCUT2D eigenvalue weighted by molar-refractivity contribution is 9.12. The number of carbonyl (C=O) groups excluding carboxylic acids is 4. The van der Waals surface area contributed by atoms with Gasteiger partial charge >= 0.3 is 5.97 Å². The minimum atomic E-state index is -1.36. The molecule has 2 amide bonds. The van der Waals surface area contributed by atoms with Crippen LogP contribution in [0.3, 0.4) is 0 Å². The lowest BCUT2D eigenvalue weighted by Gasteiger charge is -2.42. The second kappa shape index (κ2) is 9.55. The molecule has 0 bridgehead atoms. The number of methoxy groups -OCH3 is 1. The van der Waals surface area contributed by atoms with E-state index in [2.05, 4.69) is 15.9 Å². The summed E-state index contributed by atoms with van der Waals surface area (Å²) in [7, 11) is 1.42. The molecular formula is C30H22BrNO9. The lowest BCUT2D eigenvalue weighted by molar-refractivity contribution is -0.123. The topological polar surface area (TPSA) is 159 Å². The zero-order valence-corrected chi connectivity index (χ0v) is 23.0. The van der Waals surface area contributed by atoms with Crippen molar-refractivity contribution in [1.29, 1.82) is 0 Å². The number of aromatic hydroxyl groups is 2. The van der Waals surface area contributed by atoms with E-state index in [0.29, 0.717) is 11.3 Å². The van der Waals surface area contributed by atoms with Gasteiger partial charge in [-0.15, -0.1) is 0 Å². The van der Waals surface area contributed by atoms with E-state index in [1.54, 1.807) is 18.2 Å². The van der Waals surface area contributed by atoms with Gasteiger partial charge < -0.3 is 20.1 Å². The number of aromatic carboxylic acids is 1. The molecule has 208 valence electrons. The Bertz CT molecular complexity index is 1700. The van der Waals surface area contributed by atoms with Crippen molar-refractivity contribution in [3.05, 3.63) is 80.9 Å². The maximum Gasteiger partial charge on any atom is 0.339 e. The molecule has 0 spiro atoms. The quantitative estimate of drug-likeness (QED) is 0.263. The standard InChI is InChI=1S/C30H22BrNO9/c1-41-22-4-2-3-19(33)26(22)25-13-7-8-15-23(16(13)10-17-24(25)21(35)11-18(31)27(17)36)29(38)32(28(15)37)12-5-6-14(30(39)40)20(34)9-12/h2-7,9,11,15-16,23,25,33-34H,8,10H2,1H3,(H,39,40). The number of nitrogens with zero attached hydrogens (tertiary/aromatic N) is 1. The summed E-state index contributed by atoms with van der Waals surface area (Å²) in [5.74, 6) is -6.94. The van der Waals surface area contributed by atoms with Gasteiger partial charge in [0, 0.05) is 34.8 Å². The second-order valence-electron chi connectivity index (χ2n) is 10.3. The second-order valence-corrected chi connectivity index (χ2v) is 11.2. The van der Waals surface area contributed by atoms with Gasteiger partial charge in [-0.2, -0.15) is 0 Å². The maximum atomic E-state index is 14.0. The van der Waals surface area contributed by atoms with Crippen LogP contribution in [0.25, 0.3) is 0 Å². The molecular weight excluding hydrogens is 598 g/mol. The predicted molar refractivity (Wildman–Crippen MR) is 147 cm³/mol. The number of hydrogen-bond acceptors (Lipinski definition) is 8. The molecule has 4 atom stereocenters. The van der Waals surface area contributed by atoms with Crippen LogP contribution in [0.5, 0.6) is 17.2 Å². The van der Waals surface area contributed by atoms with E-state index in [0.717, 1.165) is 17.0 Å². The fraction of sp³-hybridized carbons (Fsp3) is 0.233. The van der Waals surface area contributed by atoms with Crippen LogP contribution in [0, 0.1) is 17.8 Å². The van der Waals surface area contributed by atoms with Crippen LogP contribution < -0.4 is 9.64 Å². The fourth-order valence-electron chi connectivity index (χ4n) is 6.63. The highest BCUT2D eigenvalue weighted by atomic mass is 79.9. The first-order valence-electron chi connectivity index (χ1n) is 12.7. The number of carboxylic acid groups (broad SMARTS) is 1. The number of rotatable bonds is 4. The molecule has 0 aromatic heterocycles. The number of halogens is 1. The van der Waals surface area contributed by atoms with Crippen molar-refractivity contribution >= 4 is 51.0 Å². The summed E-state index contributed by atoms with van der Waals surface area (Å²) < 4.78 is 5.61.